The number of methoxy groups -OCH3 is 1. The number of esters is 1. The number of hydrogen-bond acceptors (Lipinski definition) is 8. The molecule has 0 aromatic heterocycles. The molecule has 0 spiro atoms. The molecule has 8 nitrogen and oxygen atoms in total. The summed E-state index contributed by atoms with van der Waals surface area (Å²) in [7, 11) is 1.61. The Morgan fingerprint density at radius 2 is 1.73 bits per heavy atom. The summed E-state index contributed by atoms with van der Waals surface area (Å²) in [5.41, 5.74) is 7.91. The van der Waals surface area contributed by atoms with E-state index < -0.39 is 5.97 Å². The molecular formula is C25H34N4O4. The Labute approximate surface area is 195 Å². The predicted molar refractivity (Wildman–Crippen MR) is 128 cm³/mol. The Balaban J connectivity index is 1.84. The number of rotatable bonds is 9. The molecule has 8 heteroatoms. The van der Waals surface area contributed by atoms with Crippen LogP contribution in [0.1, 0.15) is 38.2 Å². The number of ether oxygens (including phenoxy) is 3. The SMILES string of the molecule is CCOC(=O)/C(N)=C(\Oc1cccc(N2CCCCCC2)c1)N(N)Cc1ccc(OC)cc1. The lowest BCUT2D eigenvalue weighted by Crippen LogP contribution is -2.36. The van der Waals surface area contributed by atoms with E-state index in [0.29, 0.717) is 5.75 Å². The molecule has 178 valence electrons. The molecule has 0 radical (unpaired) electrons. The van der Waals surface area contributed by atoms with Gasteiger partial charge in [-0.05, 0) is 49.6 Å². The topological polar surface area (TPSA) is 103 Å². The maximum atomic E-state index is 12.4. The normalized spacial score (nSPS) is 14.7. The molecule has 0 bridgehead atoms. The average molecular weight is 455 g/mol. The number of nitrogens with zero attached hydrogens (tertiary/aromatic N) is 2. The van der Waals surface area contributed by atoms with E-state index in [0.717, 1.165) is 30.1 Å². The Morgan fingerprint density at radius 3 is 2.36 bits per heavy atom. The van der Waals surface area contributed by atoms with Crippen molar-refractivity contribution in [2.75, 3.05) is 31.7 Å². The number of carbonyl (C=O) groups excluding carboxylic acids is 1. The van der Waals surface area contributed by atoms with E-state index in [9.17, 15) is 4.79 Å². The van der Waals surface area contributed by atoms with Crippen molar-refractivity contribution in [1.82, 2.24) is 5.01 Å². The fraction of sp³-hybridized carbons (Fsp3) is 0.400. The van der Waals surface area contributed by atoms with Crippen LogP contribution >= 0.6 is 0 Å². The largest absolute Gasteiger partial charge is 0.497 e. The van der Waals surface area contributed by atoms with Crippen molar-refractivity contribution >= 4 is 11.7 Å². The quantitative estimate of drug-likeness (QED) is 0.195. The van der Waals surface area contributed by atoms with E-state index in [1.165, 1.54) is 30.7 Å². The van der Waals surface area contributed by atoms with Crippen LogP contribution in [0, 0.1) is 0 Å². The second-order valence-electron chi connectivity index (χ2n) is 7.92. The van der Waals surface area contributed by atoms with Gasteiger partial charge in [0.1, 0.15) is 11.5 Å². The highest BCUT2D eigenvalue weighted by Crippen LogP contribution is 2.26. The van der Waals surface area contributed by atoms with Gasteiger partial charge in [0.15, 0.2) is 5.70 Å². The number of nitrogens with two attached hydrogens (primary N) is 2. The molecule has 1 fully saturated rings. The van der Waals surface area contributed by atoms with Crippen molar-refractivity contribution in [2.24, 2.45) is 11.6 Å². The number of carbonyl (C=O) groups is 1. The van der Waals surface area contributed by atoms with Gasteiger partial charge >= 0.3 is 5.97 Å². The lowest BCUT2D eigenvalue weighted by molar-refractivity contribution is -0.139. The monoisotopic (exact) mass is 454 g/mol. The van der Waals surface area contributed by atoms with E-state index in [1.54, 1.807) is 14.0 Å². The first-order valence-electron chi connectivity index (χ1n) is 11.4. The lowest BCUT2D eigenvalue weighted by Gasteiger charge is -2.25. The summed E-state index contributed by atoms with van der Waals surface area (Å²) in [6.45, 7) is 4.20. The van der Waals surface area contributed by atoms with Crippen LogP contribution in [0.5, 0.6) is 11.5 Å². The zero-order chi connectivity index (χ0) is 23.6. The molecule has 1 aliphatic rings. The van der Waals surface area contributed by atoms with Crippen LogP contribution in [0.3, 0.4) is 0 Å². The molecule has 2 aromatic rings. The van der Waals surface area contributed by atoms with E-state index >= 15 is 0 Å². The fourth-order valence-corrected chi connectivity index (χ4v) is 3.75. The first kappa shape index (κ1) is 24.3. The van der Waals surface area contributed by atoms with Crippen LogP contribution in [0.2, 0.25) is 0 Å². The molecule has 0 unspecified atom stereocenters. The highest BCUT2D eigenvalue weighted by molar-refractivity contribution is 5.87. The molecule has 4 N–H and O–H groups in total. The van der Waals surface area contributed by atoms with Crippen LogP contribution < -0.4 is 25.9 Å². The maximum absolute atomic E-state index is 12.4. The van der Waals surface area contributed by atoms with Gasteiger partial charge in [0.25, 0.3) is 0 Å². The summed E-state index contributed by atoms with van der Waals surface area (Å²) < 4.78 is 16.4. The summed E-state index contributed by atoms with van der Waals surface area (Å²) in [6.07, 6.45) is 4.85. The predicted octanol–water partition coefficient (Wildman–Crippen LogP) is 3.52. The molecule has 2 aromatic carbocycles. The maximum Gasteiger partial charge on any atom is 0.359 e. The minimum atomic E-state index is -0.679. The molecule has 1 aliphatic heterocycles. The summed E-state index contributed by atoms with van der Waals surface area (Å²) in [4.78, 5) is 14.7. The van der Waals surface area contributed by atoms with Crippen molar-refractivity contribution in [3.8, 4) is 11.5 Å². The zero-order valence-corrected chi connectivity index (χ0v) is 19.5. The number of hydrogen-bond donors (Lipinski definition) is 2. The lowest BCUT2D eigenvalue weighted by atomic mass is 10.2. The van der Waals surface area contributed by atoms with Crippen LogP contribution in [-0.4, -0.2) is 37.8 Å². The minimum Gasteiger partial charge on any atom is -0.497 e. The standard InChI is InChI=1S/C25H34N4O4/c1-3-32-25(30)23(26)24(29(27)18-19-11-13-21(31-2)14-12-19)33-22-10-8-9-20(17-22)28-15-6-4-5-7-16-28/h8-14,17H,3-7,15-16,18,26-27H2,1-2H3/b24-23+. The van der Waals surface area contributed by atoms with Gasteiger partial charge in [0.05, 0.1) is 20.3 Å². The third-order valence-corrected chi connectivity index (χ3v) is 5.50. The summed E-state index contributed by atoms with van der Waals surface area (Å²) in [6, 6.07) is 15.2. The summed E-state index contributed by atoms with van der Waals surface area (Å²) >= 11 is 0. The van der Waals surface area contributed by atoms with Gasteiger partial charge in [-0.25, -0.2) is 10.6 Å². The van der Waals surface area contributed by atoms with Gasteiger partial charge in [-0.2, -0.15) is 0 Å². The van der Waals surface area contributed by atoms with Gasteiger partial charge in [-0.3, -0.25) is 5.01 Å². The molecule has 0 atom stereocenters. The third kappa shape index (κ3) is 6.79. The average Bonchev–Trinajstić information content (AvgIpc) is 3.12. The Kier molecular flexibility index (Phi) is 8.83. The number of anilines is 1. The first-order chi connectivity index (χ1) is 16.0. The molecule has 33 heavy (non-hydrogen) atoms. The molecule has 3 rings (SSSR count). The summed E-state index contributed by atoms with van der Waals surface area (Å²) in [5, 5.41) is 1.31. The van der Waals surface area contributed by atoms with E-state index in [-0.39, 0.29) is 24.7 Å². The fourth-order valence-electron chi connectivity index (χ4n) is 3.75. The Hall–Kier alpha value is -3.39. The minimum absolute atomic E-state index is 0.0392. The highest BCUT2D eigenvalue weighted by atomic mass is 16.5. The molecule has 1 saturated heterocycles. The van der Waals surface area contributed by atoms with Crippen molar-refractivity contribution in [3.05, 3.63) is 65.7 Å². The second kappa shape index (κ2) is 12.0. The van der Waals surface area contributed by atoms with Crippen molar-refractivity contribution in [2.45, 2.75) is 39.2 Å². The van der Waals surface area contributed by atoms with Gasteiger partial charge in [-0.15, -0.1) is 0 Å². The molecule has 0 saturated carbocycles. The van der Waals surface area contributed by atoms with Crippen LogP contribution in [0.15, 0.2) is 60.1 Å². The van der Waals surface area contributed by atoms with Crippen molar-refractivity contribution in [3.63, 3.8) is 0 Å². The zero-order valence-electron chi connectivity index (χ0n) is 19.5. The van der Waals surface area contributed by atoms with Crippen molar-refractivity contribution < 1.29 is 19.0 Å². The van der Waals surface area contributed by atoms with Crippen LogP contribution in [0.4, 0.5) is 5.69 Å². The van der Waals surface area contributed by atoms with E-state index in [4.69, 9.17) is 25.8 Å². The van der Waals surface area contributed by atoms with Crippen LogP contribution in [0.25, 0.3) is 0 Å². The Bertz CT molecular complexity index is 938. The van der Waals surface area contributed by atoms with Crippen molar-refractivity contribution in [1.29, 1.82) is 0 Å². The Morgan fingerprint density at radius 1 is 1.03 bits per heavy atom. The summed E-state index contributed by atoms with van der Waals surface area (Å²) in [5.74, 6) is 6.97. The highest BCUT2D eigenvalue weighted by Gasteiger charge is 2.21. The molecule has 1 heterocycles. The number of hydrazine groups is 1. The van der Waals surface area contributed by atoms with E-state index in [2.05, 4.69) is 11.0 Å². The first-order valence-corrected chi connectivity index (χ1v) is 11.4. The van der Waals surface area contributed by atoms with Gasteiger partial charge in [0, 0.05) is 24.8 Å². The molecule has 0 aliphatic carbocycles. The number of benzene rings is 2. The van der Waals surface area contributed by atoms with E-state index in [1.807, 2.05) is 42.5 Å². The molecule has 0 amide bonds. The second-order valence-corrected chi connectivity index (χ2v) is 7.92. The van der Waals surface area contributed by atoms with Gasteiger partial charge in [-0.1, -0.05) is 31.0 Å². The van der Waals surface area contributed by atoms with Crippen LogP contribution in [-0.2, 0) is 16.1 Å². The van der Waals surface area contributed by atoms with Gasteiger partial charge in [0.2, 0.25) is 5.88 Å². The smallest absolute Gasteiger partial charge is 0.359 e. The van der Waals surface area contributed by atoms with Gasteiger partial charge < -0.3 is 24.8 Å². The molecular weight excluding hydrogens is 420 g/mol. The third-order valence-electron chi connectivity index (χ3n) is 5.50.